The number of nitrogens with zero attached hydrogens (tertiary/aromatic N) is 1. The van der Waals surface area contributed by atoms with Gasteiger partial charge in [0.2, 0.25) is 0 Å². The lowest BCUT2D eigenvalue weighted by Crippen LogP contribution is -2.32. The Labute approximate surface area is 110 Å². The van der Waals surface area contributed by atoms with Crippen molar-refractivity contribution in [2.75, 3.05) is 12.0 Å². The lowest BCUT2D eigenvalue weighted by Gasteiger charge is -2.15. The third kappa shape index (κ3) is 4.03. The van der Waals surface area contributed by atoms with E-state index in [1.54, 1.807) is 0 Å². The van der Waals surface area contributed by atoms with Crippen molar-refractivity contribution in [3.8, 4) is 0 Å². The highest BCUT2D eigenvalue weighted by Crippen LogP contribution is 2.26. The van der Waals surface area contributed by atoms with Gasteiger partial charge in [0, 0.05) is 6.07 Å². The molecule has 0 unspecified atom stereocenters. The Morgan fingerprint density at radius 3 is 2.60 bits per heavy atom. The molecule has 0 spiro atoms. The second kappa shape index (κ2) is 6.48. The number of hydrazine groups is 1. The second-order valence-corrected chi connectivity index (χ2v) is 3.81. The molecule has 0 aliphatic rings. The highest BCUT2D eigenvalue weighted by atomic mass is 19.3. The highest BCUT2D eigenvalue weighted by Gasteiger charge is 2.40. The molecule has 112 valence electrons. The summed E-state index contributed by atoms with van der Waals surface area (Å²) < 4.78 is 53.3. The number of nitrogen functional groups attached to an aromatic ring is 1. The third-order valence-corrected chi connectivity index (χ3v) is 2.30. The molecule has 1 aromatic rings. The number of nitrogens with one attached hydrogen (secondary N) is 1. The van der Waals surface area contributed by atoms with Crippen LogP contribution in [0.25, 0.3) is 0 Å². The van der Waals surface area contributed by atoms with Gasteiger partial charge in [0.1, 0.15) is 12.3 Å². The van der Waals surface area contributed by atoms with Crippen LogP contribution in [0.5, 0.6) is 0 Å². The second-order valence-electron chi connectivity index (χ2n) is 3.81. The molecule has 0 amide bonds. The van der Waals surface area contributed by atoms with Crippen LogP contribution in [0.3, 0.4) is 0 Å². The summed E-state index contributed by atoms with van der Waals surface area (Å²) >= 11 is 0. The summed E-state index contributed by atoms with van der Waals surface area (Å²) in [5.74, 6) is 0.840. The number of halogens is 4. The largest absolute Gasteiger partial charge is 0.370 e. The van der Waals surface area contributed by atoms with E-state index in [0.29, 0.717) is 0 Å². The maximum Gasteiger partial charge on any atom is 0.330 e. The summed E-state index contributed by atoms with van der Waals surface area (Å²) in [4.78, 5) is 9.92. The van der Waals surface area contributed by atoms with Crippen LogP contribution in [0.2, 0.25) is 0 Å². The summed E-state index contributed by atoms with van der Waals surface area (Å²) in [5.41, 5.74) is 1.99. The molecule has 0 saturated carbocycles. The smallest absolute Gasteiger partial charge is 0.330 e. The van der Waals surface area contributed by atoms with Gasteiger partial charge in [0.15, 0.2) is 0 Å². The quantitative estimate of drug-likeness (QED) is 0.349. The predicted octanol–water partition coefficient (Wildman–Crippen LogP) is 2.30. The first-order valence-corrected chi connectivity index (χ1v) is 5.25. The Morgan fingerprint density at radius 1 is 1.45 bits per heavy atom. The standard InChI is InChI=1S/C10H11F4N3O3/c11-9(12)10(13,14)5-20-4-6-1-2-8(17(18)19)7(3-6)16-15/h1-3,9,16H,4-5,15H2. The number of anilines is 1. The maximum atomic E-state index is 12.6. The van der Waals surface area contributed by atoms with Gasteiger partial charge in [-0.05, 0) is 17.7 Å². The van der Waals surface area contributed by atoms with Crippen LogP contribution >= 0.6 is 0 Å². The zero-order valence-corrected chi connectivity index (χ0v) is 9.98. The number of benzene rings is 1. The molecule has 0 saturated heterocycles. The van der Waals surface area contributed by atoms with Gasteiger partial charge in [0.05, 0.1) is 11.5 Å². The molecule has 6 nitrogen and oxygen atoms in total. The molecule has 0 heterocycles. The summed E-state index contributed by atoms with van der Waals surface area (Å²) in [7, 11) is 0. The number of nitrogens with two attached hydrogens (primary N) is 1. The van der Waals surface area contributed by atoms with Crippen molar-refractivity contribution in [3.05, 3.63) is 33.9 Å². The van der Waals surface area contributed by atoms with Crippen molar-refractivity contribution < 1.29 is 27.2 Å². The minimum atomic E-state index is -4.24. The van der Waals surface area contributed by atoms with Gasteiger partial charge in [0.25, 0.3) is 5.69 Å². The molecule has 10 heteroatoms. The minimum absolute atomic E-state index is 0.0447. The van der Waals surface area contributed by atoms with E-state index < -0.39 is 30.5 Å². The van der Waals surface area contributed by atoms with E-state index in [1.807, 2.05) is 0 Å². The van der Waals surface area contributed by atoms with Crippen LogP contribution in [0, 0.1) is 10.1 Å². The molecule has 3 N–H and O–H groups in total. The number of rotatable bonds is 7. The third-order valence-electron chi connectivity index (χ3n) is 2.30. The molecular weight excluding hydrogens is 286 g/mol. The first kappa shape index (κ1) is 16.1. The molecule has 0 aromatic heterocycles. The monoisotopic (exact) mass is 297 g/mol. The Balaban J connectivity index is 2.68. The van der Waals surface area contributed by atoms with Crippen molar-refractivity contribution in [2.45, 2.75) is 19.0 Å². The number of nitro groups is 1. The molecule has 0 bridgehead atoms. The fourth-order valence-corrected chi connectivity index (χ4v) is 1.32. The molecule has 0 aliphatic carbocycles. The van der Waals surface area contributed by atoms with E-state index in [4.69, 9.17) is 5.84 Å². The molecule has 0 aliphatic heterocycles. The van der Waals surface area contributed by atoms with E-state index in [0.717, 1.165) is 6.07 Å². The molecule has 20 heavy (non-hydrogen) atoms. The Hall–Kier alpha value is -1.94. The Morgan fingerprint density at radius 2 is 2.10 bits per heavy atom. The number of ether oxygens (including phenoxy) is 1. The summed E-state index contributed by atoms with van der Waals surface area (Å²) in [6.45, 7) is -1.86. The number of hydrogen-bond acceptors (Lipinski definition) is 5. The minimum Gasteiger partial charge on any atom is -0.370 e. The predicted molar refractivity (Wildman–Crippen MR) is 61.5 cm³/mol. The van der Waals surface area contributed by atoms with E-state index in [9.17, 15) is 27.7 Å². The van der Waals surface area contributed by atoms with Crippen LogP contribution < -0.4 is 11.3 Å². The molecule has 0 radical (unpaired) electrons. The van der Waals surface area contributed by atoms with E-state index in [1.165, 1.54) is 12.1 Å². The molecule has 1 aromatic carbocycles. The van der Waals surface area contributed by atoms with Crippen molar-refractivity contribution in [2.24, 2.45) is 5.84 Å². The average molecular weight is 297 g/mol. The van der Waals surface area contributed by atoms with Crippen molar-refractivity contribution in [3.63, 3.8) is 0 Å². The first-order valence-electron chi connectivity index (χ1n) is 5.25. The summed E-state index contributed by atoms with van der Waals surface area (Å²) in [5, 5.41) is 10.6. The summed E-state index contributed by atoms with van der Waals surface area (Å²) in [6.07, 6.45) is -3.82. The molecule has 0 atom stereocenters. The zero-order valence-electron chi connectivity index (χ0n) is 9.98. The maximum absolute atomic E-state index is 12.6. The normalized spacial score (nSPS) is 11.7. The van der Waals surface area contributed by atoms with Gasteiger partial charge in [-0.3, -0.25) is 16.0 Å². The van der Waals surface area contributed by atoms with Crippen LogP contribution in [0.4, 0.5) is 28.9 Å². The van der Waals surface area contributed by atoms with Crippen molar-refractivity contribution in [1.29, 1.82) is 0 Å². The van der Waals surface area contributed by atoms with Crippen molar-refractivity contribution >= 4 is 11.4 Å². The van der Waals surface area contributed by atoms with Gasteiger partial charge >= 0.3 is 12.3 Å². The highest BCUT2D eigenvalue weighted by molar-refractivity contribution is 5.61. The molecule has 0 fully saturated rings. The van der Waals surface area contributed by atoms with Gasteiger partial charge in [-0.1, -0.05) is 0 Å². The topological polar surface area (TPSA) is 90.4 Å². The fraction of sp³-hybridized carbons (Fsp3) is 0.400. The summed E-state index contributed by atoms with van der Waals surface area (Å²) in [6, 6.07) is 3.55. The van der Waals surface area contributed by atoms with Crippen LogP contribution in [0.15, 0.2) is 18.2 Å². The van der Waals surface area contributed by atoms with E-state index in [2.05, 4.69) is 10.2 Å². The van der Waals surface area contributed by atoms with Crippen molar-refractivity contribution in [1.82, 2.24) is 0 Å². The fourth-order valence-electron chi connectivity index (χ4n) is 1.32. The molecular formula is C10H11F4N3O3. The average Bonchev–Trinajstić information content (AvgIpc) is 2.37. The first-order chi connectivity index (χ1) is 9.27. The number of alkyl halides is 4. The Bertz CT molecular complexity index is 485. The molecule has 1 rings (SSSR count). The lowest BCUT2D eigenvalue weighted by molar-refractivity contribution is -0.384. The van der Waals surface area contributed by atoms with Gasteiger partial charge in [-0.25, -0.2) is 8.78 Å². The number of nitro benzene ring substituents is 1. The van der Waals surface area contributed by atoms with Crippen LogP contribution in [0.1, 0.15) is 5.56 Å². The van der Waals surface area contributed by atoms with E-state index >= 15 is 0 Å². The van der Waals surface area contributed by atoms with Gasteiger partial charge in [-0.15, -0.1) is 0 Å². The van der Waals surface area contributed by atoms with E-state index in [-0.39, 0.29) is 16.9 Å². The van der Waals surface area contributed by atoms with Crippen LogP contribution in [-0.2, 0) is 11.3 Å². The number of hydrogen-bond donors (Lipinski definition) is 2. The van der Waals surface area contributed by atoms with Gasteiger partial charge < -0.3 is 10.2 Å². The zero-order chi connectivity index (χ0) is 15.3. The Kier molecular flexibility index (Phi) is 5.22. The van der Waals surface area contributed by atoms with Gasteiger partial charge in [-0.2, -0.15) is 8.78 Å². The lowest BCUT2D eigenvalue weighted by atomic mass is 10.2. The SMILES string of the molecule is NNc1cc(COCC(F)(F)C(F)F)ccc1[N+](=O)[O-]. The van der Waals surface area contributed by atoms with Crippen LogP contribution in [-0.4, -0.2) is 23.9 Å².